The summed E-state index contributed by atoms with van der Waals surface area (Å²) in [5.41, 5.74) is 2.52. The number of fused-ring (bicyclic) bond motifs is 2. The SMILES string of the molecule is N#Cc1c(NC(=O)COC(=O)CCc2nc3ccccc3s2)sc2c1CCC2. The summed E-state index contributed by atoms with van der Waals surface area (Å²) >= 11 is 3.00. The van der Waals surface area contributed by atoms with Gasteiger partial charge >= 0.3 is 5.97 Å². The van der Waals surface area contributed by atoms with Gasteiger partial charge in [-0.05, 0) is 37.0 Å². The predicted octanol–water partition coefficient (Wildman–Crippen LogP) is 3.83. The van der Waals surface area contributed by atoms with E-state index in [1.54, 1.807) is 11.3 Å². The standard InChI is InChI=1S/C20H17N3O3S2/c21-10-13-12-4-3-7-15(12)28-20(13)23-17(24)11-26-19(25)9-8-18-22-14-5-1-2-6-16(14)27-18/h1-2,5-6H,3-4,7-9,11H2,(H,23,24). The summed E-state index contributed by atoms with van der Waals surface area (Å²) in [6.07, 6.45) is 3.53. The Morgan fingerprint density at radius 2 is 2.11 bits per heavy atom. The Morgan fingerprint density at radius 1 is 1.25 bits per heavy atom. The van der Waals surface area contributed by atoms with Gasteiger partial charge in [0.25, 0.3) is 5.91 Å². The van der Waals surface area contributed by atoms with Crippen LogP contribution in [0, 0.1) is 11.3 Å². The Balaban J connectivity index is 1.27. The van der Waals surface area contributed by atoms with Crippen molar-refractivity contribution >= 4 is 49.8 Å². The molecule has 3 aromatic rings. The molecule has 1 N–H and O–H groups in total. The van der Waals surface area contributed by atoms with E-state index >= 15 is 0 Å². The van der Waals surface area contributed by atoms with Crippen LogP contribution in [-0.2, 0) is 33.6 Å². The van der Waals surface area contributed by atoms with Crippen LogP contribution < -0.4 is 5.32 Å². The summed E-state index contributed by atoms with van der Waals surface area (Å²) in [5.74, 6) is -0.867. The molecule has 0 unspecified atom stereocenters. The summed E-state index contributed by atoms with van der Waals surface area (Å²) in [6.45, 7) is -0.355. The number of carbonyl (C=O) groups is 2. The summed E-state index contributed by atoms with van der Waals surface area (Å²) in [6, 6.07) is 10.00. The fourth-order valence-corrected chi connectivity index (χ4v) is 5.45. The minimum Gasteiger partial charge on any atom is -0.456 e. The third-order valence-electron chi connectivity index (χ3n) is 4.53. The lowest BCUT2D eigenvalue weighted by atomic mass is 10.1. The van der Waals surface area contributed by atoms with Crippen molar-refractivity contribution in [2.24, 2.45) is 0 Å². The number of thiazole rings is 1. The van der Waals surface area contributed by atoms with Gasteiger partial charge in [0.1, 0.15) is 11.1 Å². The molecule has 4 rings (SSSR count). The Hall–Kier alpha value is -2.76. The number of hydrogen-bond donors (Lipinski definition) is 1. The largest absolute Gasteiger partial charge is 0.456 e. The molecule has 1 aromatic carbocycles. The van der Waals surface area contributed by atoms with Gasteiger partial charge in [0.15, 0.2) is 6.61 Å². The van der Waals surface area contributed by atoms with E-state index in [0.29, 0.717) is 17.0 Å². The molecule has 28 heavy (non-hydrogen) atoms. The number of aromatic nitrogens is 1. The van der Waals surface area contributed by atoms with Crippen LogP contribution in [-0.4, -0.2) is 23.5 Å². The molecule has 2 aromatic heterocycles. The van der Waals surface area contributed by atoms with E-state index in [-0.39, 0.29) is 13.0 Å². The smallest absolute Gasteiger partial charge is 0.306 e. The highest BCUT2D eigenvalue weighted by atomic mass is 32.1. The van der Waals surface area contributed by atoms with E-state index in [0.717, 1.165) is 40.1 Å². The second kappa shape index (κ2) is 8.09. The van der Waals surface area contributed by atoms with Gasteiger partial charge < -0.3 is 10.1 Å². The normalized spacial score (nSPS) is 12.5. The molecule has 2 heterocycles. The number of ether oxygens (including phenoxy) is 1. The molecule has 1 amide bonds. The third-order valence-corrected chi connectivity index (χ3v) is 6.83. The zero-order valence-electron chi connectivity index (χ0n) is 15.0. The lowest BCUT2D eigenvalue weighted by Gasteiger charge is -2.05. The van der Waals surface area contributed by atoms with Gasteiger partial charge in [-0.25, -0.2) is 4.98 Å². The number of nitriles is 1. The number of rotatable bonds is 6. The highest BCUT2D eigenvalue weighted by molar-refractivity contribution is 7.18. The minimum absolute atomic E-state index is 0.170. The van der Waals surface area contributed by atoms with Crippen LogP contribution >= 0.6 is 22.7 Å². The second-order valence-electron chi connectivity index (χ2n) is 6.46. The van der Waals surface area contributed by atoms with Crippen molar-refractivity contribution in [3.63, 3.8) is 0 Å². The number of anilines is 1. The number of esters is 1. The van der Waals surface area contributed by atoms with E-state index in [2.05, 4.69) is 16.4 Å². The van der Waals surface area contributed by atoms with Gasteiger partial charge in [-0.2, -0.15) is 5.26 Å². The van der Waals surface area contributed by atoms with Gasteiger partial charge in [0.2, 0.25) is 0 Å². The van der Waals surface area contributed by atoms with Crippen molar-refractivity contribution in [1.82, 2.24) is 4.98 Å². The predicted molar refractivity (Wildman–Crippen MR) is 109 cm³/mol. The molecular weight excluding hydrogens is 394 g/mol. The van der Waals surface area contributed by atoms with Crippen molar-refractivity contribution in [3.8, 4) is 6.07 Å². The second-order valence-corrected chi connectivity index (χ2v) is 8.68. The highest BCUT2D eigenvalue weighted by Crippen LogP contribution is 2.38. The average Bonchev–Trinajstić information content (AvgIpc) is 3.38. The molecule has 0 spiro atoms. The van der Waals surface area contributed by atoms with E-state index in [1.807, 2.05) is 24.3 Å². The molecule has 0 bridgehead atoms. The van der Waals surface area contributed by atoms with E-state index in [9.17, 15) is 14.9 Å². The third kappa shape index (κ3) is 3.91. The van der Waals surface area contributed by atoms with E-state index in [4.69, 9.17) is 4.74 Å². The number of aryl methyl sites for hydroxylation is 2. The van der Waals surface area contributed by atoms with Crippen LogP contribution in [0.25, 0.3) is 10.2 Å². The molecule has 6 nitrogen and oxygen atoms in total. The Labute approximate surface area is 169 Å². The van der Waals surface area contributed by atoms with E-state index in [1.165, 1.54) is 16.2 Å². The van der Waals surface area contributed by atoms with Gasteiger partial charge in [-0.3, -0.25) is 9.59 Å². The molecule has 0 aliphatic heterocycles. The topological polar surface area (TPSA) is 92.1 Å². The molecule has 0 atom stereocenters. The molecule has 1 aliphatic rings. The molecule has 0 radical (unpaired) electrons. The maximum atomic E-state index is 12.1. The van der Waals surface area contributed by atoms with Crippen molar-refractivity contribution in [1.29, 1.82) is 5.26 Å². The molecule has 8 heteroatoms. The first-order chi connectivity index (χ1) is 13.6. The Morgan fingerprint density at radius 3 is 2.93 bits per heavy atom. The maximum Gasteiger partial charge on any atom is 0.306 e. The summed E-state index contributed by atoms with van der Waals surface area (Å²) in [7, 11) is 0. The number of para-hydroxylation sites is 1. The summed E-state index contributed by atoms with van der Waals surface area (Å²) < 4.78 is 6.15. The number of nitrogens with zero attached hydrogens (tertiary/aromatic N) is 2. The molecular formula is C20H17N3O3S2. The van der Waals surface area contributed by atoms with Crippen LogP contribution in [0.1, 0.15) is 33.9 Å². The first-order valence-electron chi connectivity index (χ1n) is 8.98. The monoisotopic (exact) mass is 411 g/mol. The number of hydrogen-bond acceptors (Lipinski definition) is 7. The van der Waals surface area contributed by atoms with Gasteiger partial charge in [0, 0.05) is 11.3 Å². The first-order valence-corrected chi connectivity index (χ1v) is 10.6. The number of carbonyl (C=O) groups excluding carboxylic acids is 2. The van der Waals surface area contributed by atoms with Crippen molar-refractivity contribution < 1.29 is 14.3 Å². The van der Waals surface area contributed by atoms with Crippen LogP contribution in [0.4, 0.5) is 5.00 Å². The average molecular weight is 412 g/mol. The zero-order valence-corrected chi connectivity index (χ0v) is 16.6. The Kier molecular flexibility index (Phi) is 5.37. The van der Waals surface area contributed by atoms with Crippen LogP contribution in [0.5, 0.6) is 0 Å². The molecule has 0 saturated heterocycles. The lowest BCUT2D eigenvalue weighted by Crippen LogP contribution is -2.21. The van der Waals surface area contributed by atoms with Crippen molar-refractivity contribution in [3.05, 3.63) is 45.3 Å². The summed E-state index contributed by atoms with van der Waals surface area (Å²) in [4.78, 5) is 29.7. The zero-order chi connectivity index (χ0) is 19.5. The number of nitrogens with one attached hydrogen (secondary N) is 1. The number of amides is 1. The van der Waals surface area contributed by atoms with E-state index < -0.39 is 11.9 Å². The van der Waals surface area contributed by atoms with Crippen molar-refractivity contribution in [2.45, 2.75) is 32.1 Å². The molecule has 0 saturated carbocycles. The fourth-order valence-electron chi connectivity index (χ4n) is 3.23. The van der Waals surface area contributed by atoms with Crippen molar-refractivity contribution in [2.75, 3.05) is 11.9 Å². The van der Waals surface area contributed by atoms with Crippen LogP contribution in [0.3, 0.4) is 0 Å². The number of benzene rings is 1. The molecule has 0 fully saturated rings. The summed E-state index contributed by atoms with van der Waals surface area (Å²) in [5, 5.41) is 13.5. The van der Waals surface area contributed by atoms with Gasteiger partial charge in [-0.1, -0.05) is 12.1 Å². The lowest BCUT2D eigenvalue weighted by molar-refractivity contribution is -0.147. The van der Waals surface area contributed by atoms with Crippen LogP contribution in [0.2, 0.25) is 0 Å². The fraction of sp³-hybridized carbons (Fsp3) is 0.300. The Bertz CT molecular complexity index is 1060. The van der Waals surface area contributed by atoms with Gasteiger partial charge in [0.05, 0.1) is 27.2 Å². The highest BCUT2D eigenvalue weighted by Gasteiger charge is 2.23. The first kappa shape index (κ1) is 18.6. The quantitative estimate of drug-likeness (QED) is 0.622. The molecule has 142 valence electrons. The van der Waals surface area contributed by atoms with Crippen LogP contribution in [0.15, 0.2) is 24.3 Å². The molecule has 1 aliphatic carbocycles. The van der Waals surface area contributed by atoms with Gasteiger partial charge in [-0.15, -0.1) is 22.7 Å². The minimum atomic E-state index is -0.441. The number of thiophene rings is 1. The maximum absolute atomic E-state index is 12.1.